The Morgan fingerprint density at radius 1 is 1.15 bits per heavy atom. The summed E-state index contributed by atoms with van der Waals surface area (Å²) in [5.74, 6) is -1.44. The summed E-state index contributed by atoms with van der Waals surface area (Å²) >= 11 is 0. The highest BCUT2D eigenvalue weighted by Crippen LogP contribution is 2.42. The second kappa shape index (κ2) is 8.95. The van der Waals surface area contributed by atoms with Gasteiger partial charge in [-0.3, -0.25) is 9.89 Å². The van der Waals surface area contributed by atoms with E-state index in [0.29, 0.717) is 0 Å². The molecule has 0 aliphatic carbocycles. The number of sulfone groups is 1. The molecule has 3 rings (SSSR count). The molecule has 1 N–H and O–H groups in total. The number of carbonyl (C=O) groups is 1. The van der Waals surface area contributed by atoms with Crippen LogP contribution in [0.5, 0.6) is 5.75 Å². The summed E-state index contributed by atoms with van der Waals surface area (Å²) in [6.45, 7) is 1.06. The number of methoxy groups -OCH3 is 1. The first kappa shape index (κ1) is 23.8. The van der Waals surface area contributed by atoms with Gasteiger partial charge in [0.15, 0.2) is 5.94 Å². The second-order valence-electron chi connectivity index (χ2n) is 6.74. The van der Waals surface area contributed by atoms with Crippen LogP contribution in [-0.2, 0) is 25.5 Å². The molecule has 0 atom stereocenters. The number of nitrogens with zero attached hydrogens (tertiary/aromatic N) is 2. The Bertz CT molecular complexity index is 1340. The van der Waals surface area contributed by atoms with Crippen LogP contribution in [0.15, 0.2) is 47.4 Å². The first-order chi connectivity index (χ1) is 15.5. The van der Waals surface area contributed by atoms with E-state index in [9.17, 15) is 31.6 Å². The quantitative estimate of drug-likeness (QED) is 0.532. The summed E-state index contributed by atoms with van der Waals surface area (Å²) in [5.41, 5.74) is -1.25. The van der Waals surface area contributed by atoms with Gasteiger partial charge in [0.1, 0.15) is 23.2 Å². The van der Waals surface area contributed by atoms with Gasteiger partial charge < -0.3 is 9.47 Å². The zero-order chi connectivity index (χ0) is 24.4. The number of ether oxygens (including phenoxy) is 2. The summed E-state index contributed by atoms with van der Waals surface area (Å²) in [6.07, 6.45) is -4.78. The molecule has 0 saturated heterocycles. The number of alkyl halides is 3. The van der Waals surface area contributed by atoms with Gasteiger partial charge in [0, 0.05) is 18.1 Å². The fraction of sp³-hybridized carbons (Fsp3) is 0.190. The van der Waals surface area contributed by atoms with E-state index in [0.717, 1.165) is 6.92 Å². The maximum Gasteiger partial charge on any atom is 0.433 e. The minimum Gasteiger partial charge on any atom is -0.495 e. The van der Waals surface area contributed by atoms with Crippen LogP contribution in [0.2, 0.25) is 0 Å². The average Bonchev–Trinajstić information content (AvgIpc) is 3.23. The van der Waals surface area contributed by atoms with Crippen LogP contribution in [0.25, 0.3) is 22.4 Å². The van der Waals surface area contributed by atoms with Crippen LogP contribution in [0.3, 0.4) is 0 Å². The Balaban J connectivity index is 2.11. The molecule has 0 bridgehead atoms. The molecule has 8 nitrogen and oxygen atoms in total. The fourth-order valence-corrected chi connectivity index (χ4v) is 4.04. The first-order valence-corrected chi connectivity index (χ1v) is 10.8. The van der Waals surface area contributed by atoms with Gasteiger partial charge in [-0.2, -0.15) is 23.5 Å². The van der Waals surface area contributed by atoms with E-state index in [4.69, 9.17) is 4.74 Å². The van der Waals surface area contributed by atoms with Crippen molar-refractivity contribution in [2.45, 2.75) is 18.0 Å². The van der Waals surface area contributed by atoms with E-state index < -0.39 is 33.6 Å². The number of aromatic amines is 1. The molecule has 0 unspecified atom stereocenters. The van der Waals surface area contributed by atoms with Crippen molar-refractivity contribution in [3.8, 4) is 34.2 Å². The number of benzene rings is 2. The number of hydrogen-bond acceptors (Lipinski definition) is 7. The van der Waals surface area contributed by atoms with Gasteiger partial charge >= 0.3 is 12.1 Å². The van der Waals surface area contributed by atoms with Crippen LogP contribution in [-0.4, -0.2) is 37.6 Å². The summed E-state index contributed by atoms with van der Waals surface area (Å²) in [7, 11) is -2.62. The number of esters is 1. The van der Waals surface area contributed by atoms with Crippen molar-refractivity contribution in [1.82, 2.24) is 10.2 Å². The predicted molar refractivity (Wildman–Crippen MR) is 110 cm³/mol. The number of aromatic nitrogens is 2. The van der Waals surface area contributed by atoms with Gasteiger partial charge in [0.2, 0.25) is 9.84 Å². The van der Waals surface area contributed by atoms with Crippen molar-refractivity contribution in [1.29, 1.82) is 5.26 Å². The number of carbonyl (C=O) groups excluding carboxylic acids is 1. The molecule has 33 heavy (non-hydrogen) atoms. The Morgan fingerprint density at radius 2 is 1.79 bits per heavy atom. The lowest BCUT2D eigenvalue weighted by Crippen LogP contribution is -2.12. The Kier molecular flexibility index (Phi) is 6.46. The van der Waals surface area contributed by atoms with Crippen LogP contribution >= 0.6 is 0 Å². The molecule has 2 aromatic carbocycles. The van der Waals surface area contributed by atoms with Gasteiger partial charge in [-0.1, -0.05) is 18.2 Å². The largest absolute Gasteiger partial charge is 0.495 e. The van der Waals surface area contributed by atoms with Crippen LogP contribution in [0.1, 0.15) is 18.2 Å². The molecule has 0 spiro atoms. The Hall–Kier alpha value is -3.85. The minimum absolute atomic E-state index is 0.0298. The number of halogens is 3. The van der Waals surface area contributed by atoms with E-state index in [-0.39, 0.29) is 38.6 Å². The van der Waals surface area contributed by atoms with Crippen molar-refractivity contribution in [3.63, 3.8) is 0 Å². The molecule has 0 radical (unpaired) electrons. The molecular formula is C21H16F3N3O5S. The molecule has 172 valence electrons. The molecule has 12 heteroatoms. The van der Waals surface area contributed by atoms with Gasteiger partial charge in [0.05, 0.1) is 17.6 Å². The highest BCUT2D eigenvalue weighted by Gasteiger charge is 2.38. The van der Waals surface area contributed by atoms with Crippen LogP contribution in [0, 0.1) is 11.3 Å². The topological polar surface area (TPSA) is 122 Å². The number of nitriles is 1. The standard InChI is InChI=1S/C21H16F3N3O5S/c1-12(28)32-11-33(29,30)16-6-3-13(4-7-16)19-18(20(27-26-19)21(22,23)24)14-5-8-17(31-2)15(9-14)10-25/h3-9H,11H2,1-2H3,(H,26,27). The summed E-state index contributed by atoms with van der Waals surface area (Å²) in [5, 5.41) is 15.1. The van der Waals surface area contributed by atoms with Crippen molar-refractivity contribution < 1.29 is 35.9 Å². The average molecular weight is 479 g/mol. The van der Waals surface area contributed by atoms with Crippen molar-refractivity contribution in [2.75, 3.05) is 13.0 Å². The summed E-state index contributed by atoms with van der Waals surface area (Å²) in [4.78, 5) is 10.7. The molecule has 1 heterocycles. The zero-order valence-corrected chi connectivity index (χ0v) is 18.0. The molecule has 0 amide bonds. The number of nitrogens with one attached hydrogen (secondary N) is 1. The Morgan fingerprint density at radius 3 is 2.33 bits per heavy atom. The maximum absolute atomic E-state index is 13.7. The highest BCUT2D eigenvalue weighted by molar-refractivity contribution is 7.91. The van der Waals surface area contributed by atoms with Crippen LogP contribution < -0.4 is 4.74 Å². The molecule has 0 aliphatic rings. The lowest BCUT2D eigenvalue weighted by molar-refractivity contribution is -0.141. The predicted octanol–water partition coefficient (Wildman–Crippen LogP) is 3.94. The first-order valence-electron chi connectivity index (χ1n) is 9.18. The van der Waals surface area contributed by atoms with E-state index >= 15 is 0 Å². The van der Waals surface area contributed by atoms with Gasteiger partial charge in [0.25, 0.3) is 0 Å². The van der Waals surface area contributed by atoms with Crippen molar-refractivity contribution in [2.24, 2.45) is 0 Å². The molecule has 1 aromatic heterocycles. The van der Waals surface area contributed by atoms with Gasteiger partial charge in [-0.05, 0) is 29.8 Å². The molecular weight excluding hydrogens is 463 g/mol. The van der Waals surface area contributed by atoms with Gasteiger partial charge in [-0.15, -0.1) is 0 Å². The molecule has 0 fully saturated rings. The normalized spacial score (nSPS) is 11.6. The number of rotatable bonds is 6. The Labute approximate surface area is 186 Å². The third-order valence-electron chi connectivity index (χ3n) is 4.56. The second-order valence-corrected chi connectivity index (χ2v) is 8.68. The third kappa shape index (κ3) is 4.98. The van der Waals surface area contributed by atoms with E-state index in [1.807, 2.05) is 11.2 Å². The molecule has 0 aliphatic heterocycles. The SMILES string of the molecule is COc1ccc(-c2c(-c3ccc(S(=O)(=O)COC(C)=O)cc3)n[nH]c2C(F)(F)F)cc1C#N. The maximum atomic E-state index is 13.7. The monoisotopic (exact) mass is 479 g/mol. The van der Waals surface area contributed by atoms with E-state index in [1.165, 1.54) is 49.6 Å². The van der Waals surface area contributed by atoms with E-state index in [2.05, 4.69) is 9.84 Å². The summed E-state index contributed by atoms with van der Waals surface area (Å²) < 4.78 is 75.1. The van der Waals surface area contributed by atoms with Crippen molar-refractivity contribution in [3.05, 3.63) is 53.7 Å². The van der Waals surface area contributed by atoms with Crippen molar-refractivity contribution >= 4 is 15.8 Å². The van der Waals surface area contributed by atoms with E-state index in [1.54, 1.807) is 0 Å². The smallest absolute Gasteiger partial charge is 0.433 e. The molecule has 0 saturated carbocycles. The lowest BCUT2D eigenvalue weighted by atomic mass is 9.97. The minimum atomic E-state index is -4.78. The highest BCUT2D eigenvalue weighted by atomic mass is 32.2. The lowest BCUT2D eigenvalue weighted by Gasteiger charge is -2.11. The third-order valence-corrected chi connectivity index (χ3v) is 5.98. The number of H-pyrrole nitrogens is 1. The van der Waals surface area contributed by atoms with Crippen LogP contribution in [0.4, 0.5) is 13.2 Å². The summed E-state index contributed by atoms with van der Waals surface area (Å²) in [6, 6.07) is 10.8. The van der Waals surface area contributed by atoms with Gasteiger partial charge in [-0.25, -0.2) is 8.42 Å². The fourth-order valence-electron chi connectivity index (χ4n) is 3.04. The zero-order valence-electron chi connectivity index (χ0n) is 17.2. The molecule has 3 aromatic rings. The number of hydrogen-bond donors (Lipinski definition) is 1.